The Hall–Kier alpha value is -0.960. The molecular weight excluding hydrogens is 206 g/mol. The second-order valence-electron chi connectivity index (χ2n) is 3.55. The van der Waals surface area contributed by atoms with Crippen LogP contribution in [-0.2, 0) is 4.74 Å². The number of benzene rings is 1. The zero-order valence-corrected chi connectivity index (χ0v) is 9.67. The average molecular weight is 221 g/mol. The van der Waals surface area contributed by atoms with Gasteiger partial charge in [0.1, 0.15) is 6.61 Å². The third-order valence-electron chi connectivity index (χ3n) is 2.39. The summed E-state index contributed by atoms with van der Waals surface area (Å²) in [5, 5.41) is 0. The molecule has 1 aromatic rings. The van der Waals surface area contributed by atoms with Crippen molar-refractivity contribution in [2.45, 2.75) is 12.5 Å². The lowest BCUT2D eigenvalue weighted by Crippen LogP contribution is -2.07. The van der Waals surface area contributed by atoms with Crippen LogP contribution < -0.4 is 0 Å². The minimum atomic E-state index is 0.354. The molecule has 0 amide bonds. The summed E-state index contributed by atoms with van der Waals surface area (Å²) < 4.78 is 5.59. The molecule has 0 spiro atoms. The summed E-state index contributed by atoms with van der Waals surface area (Å²) in [4.78, 5) is 4.58. The molecule has 0 bridgehead atoms. The lowest BCUT2D eigenvalue weighted by atomic mass is 10.2. The van der Waals surface area contributed by atoms with Crippen molar-refractivity contribution < 1.29 is 4.74 Å². The molecule has 1 unspecified atom stereocenters. The van der Waals surface area contributed by atoms with E-state index in [9.17, 15) is 0 Å². The van der Waals surface area contributed by atoms with Crippen molar-refractivity contribution in [1.82, 2.24) is 0 Å². The van der Waals surface area contributed by atoms with E-state index in [0.29, 0.717) is 6.04 Å². The zero-order chi connectivity index (χ0) is 10.5. The molecule has 15 heavy (non-hydrogen) atoms. The second-order valence-corrected chi connectivity index (χ2v) is 4.53. The van der Waals surface area contributed by atoms with Gasteiger partial charge in [0.25, 0.3) is 0 Å². The van der Waals surface area contributed by atoms with Crippen LogP contribution in [0.5, 0.6) is 0 Å². The number of ether oxygens (including phenoxy) is 1. The molecule has 3 heteroatoms. The first-order valence-electron chi connectivity index (χ1n) is 5.15. The van der Waals surface area contributed by atoms with Crippen LogP contribution in [0.3, 0.4) is 0 Å². The standard InChI is InChI=1S/C12H15NOS/c1-15-8-7-11-9-14-12(13-11)10-5-3-2-4-6-10/h2-6,11H,7-9H2,1H3. The summed E-state index contributed by atoms with van der Waals surface area (Å²) in [6, 6.07) is 10.5. The first kappa shape index (κ1) is 10.6. The minimum Gasteiger partial charge on any atom is -0.475 e. The molecule has 2 nitrogen and oxygen atoms in total. The maximum absolute atomic E-state index is 5.59. The van der Waals surface area contributed by atoms with Crippen LogP contribution in [-0.4, -0.2) is 30.6 Å². The molecule has 0 fully saturated rings. The fraction of sp³-hybridized carbons (Fsp3) is 0.417. The van der Waals surface area contributed by atoms with Gasteiger partial charge in [-0.3, -0.25) is 0 Å². The Bertz CT molecular complexity index is 337. The van der Waals surface area contributed by atoms with Crippen molar-refractivity contribution in [3.8, 4) is 0 Å². The van der Waals surface area contributed by atoms with Gasteiger partial charge in [-0.15, -0.1) is 0 Å². The molecule has 1 heterocycles. The van der Waals surface area contributed by atoms with Crippen LogP contribution in [0, 0.1) is 0 Å². The molecule has 2 rings (SSSR count). The van der Waals surface area contributed by atoms with Gasteiger partial charge in [-0.25, -0.2) is 4.99 Å². The van der Waals surface area contributed by atoms with Crippen molar-refractivity contribution in [2.75, 3.05) is 18.6 Å². The van der Waals surface area contributed by atoms with E-state index in [2.05, 4.69) is 11.2 Å². The molecular formula is C12H15NOS. The van der Waals surface area contributed by atoms with Crippen molar-refractivity contribution in [3.63, 3.8) is 0 Å². The van der Waals surface area contributed by atoms with Gasteiger partial charge in [-0.1, -0.05) is 18.2 Å². The molecule has 80 valence electrons. The van der Waals surface area contributed by atoms with Gasteiger partial charge in [-0.2, -0.15) is 11.8 Å². The fourth-order valence-corrected chi connectivity index (χ4v) is 2.06. The third-order valence-corrected chi connectivity index (χ3v) is 3.03. The zero-order valence-electron chi connectivity index (χ0n) is 8.85. The van der Waals surface area contributed by atoms with E-state index in [4.69, 9.17) is 4.74 Å². The van der Waals surface area contributed by atoms with Gasteiger partial charge in [0, 0.05) is 5.56 Å². The topological polar surface area (TPSA) is 21.6 Å². The number of hydrogen-bond acceptors (Lipinski definition) is 3. The smallest absolute Gasteiger partial charge is 0.216 e. The van der Waals surface area contributed by atoms with Crippen LogP contribution >= 0.6 is 11.8 Å². The quantitative estimate of drug-likeness (QED) is 0.779. The number of rotatable bonds is 4. The average Bonchev–Trinajstić information content (AvgIpc) is 2.76. The summed E-state index contributed by atoms with van der Waals surface area (Å²) in [5.41, 5.74) is 1.09. The minimum absolute atomic E-state index is 0.354. The lowest BCUT2D eigenvalue weighted by Gasteiger charge is -2.01. The lowest BCUT2D eigenvalue weighted by molar-refractivity contribution is 0.315. The van der Waals surface area contributed by atoms with Crippen molar-refractivity contribution >= 4 is 17.7 Å². The summed E-state index contributed by atoms with van der Waals surface area (Å²) in [7, 11) is 0. The highest BCUT2D eigenvalue weighted by molar-refractivity contribution is 7.98. The van der Waals surface area contributed by atoms with E-state index in [0.717, 1.165) is 30.2 Å². The summed E-state index contributed by atoms with van der Waals surface area (Å²) in [6.07, 6.45) is 3.23. The molecule has 1 aliphatic rings. The van der Waals surface area contributed by atoms with Crippen LogP contribution in [0.15, 0.2) is 35.3 Å². The molecule has 0 radical (unpaired) electrons. The highest BCUT2D eigenvalue weighted by Crippen LogP contribution is 2.15. The van der Waals surface area contributed by atoms with Gasteiger partial charge in [0.15, 0.2) is 0 Å². The second kappa shape index (κ2) is 5.21. The Kier molecular flexibility index (Phi) is 3.67. The number of nitrogens with zero attached hydrogens (tertiary/aromatic N) is 1. The van der Waals surface area contributed by atoms with Crippen LogP contribution in [0.4, 0.5) is 0 Å². The van der Waals surface area contributed by atoms with Crippen molar-refractivity contribution in [2.24, 2.45) is 4.99 Å². The Labute approximate surface area is 94.7 Å². The number of thioether (sulfide) groups is 1. The molecule has 1 aromatic carbocycles. The first-order chi connectivity index (χ1) is 7.40. The van der Waals surface area contributed by atoms with Crippen molar-refractivity contribution in [3.05, 3.63) is 35.9 Å². The normalized spacial score (nSPS) is 19.8. The van der Waals surface area contributed by atoms with Gasteiger partial charge in [-0.05, 0) is 30.6 Å². The van der Waals surface area contributed by atoms with E-state index >= 15 is 0 Å². The van der Waals surface area contributed by atoms with Gasteiger partial charge >= 0.3 is 0 Å². The predicted molar refractivity (Wildman–Crippen MR) is 65.7 cm³/mol. The predicted octanol–water partition coefficient (Wildman–Crippen LogP) is 2.59. The summed E-state index contributed by atoms with van der Waals surface area (Å²) in [5.74, 6) is 1.96. The Balaban J connectivity index is 2.00. The molecule has 0 aromatic heterocycles. The van der Waals surface area contributed by atoms with E-state index in [-0.39, 0.29) is 0 Å². The fourth-order valence-electron chi connectivity index (χ4n) is 1.56. The van der Waals surface area contributed by atoms with E-state index in [1.54, 1.807) is 0 Å². The Morgan fingerprint density at radius 1 is 1.40 bits per heavy atom. The SMILES string of the molecule is CSCCC1COC(c2ccccc2)=N1. The molecule has 0 saturated carbocycles. The molecule has 0 N–H and O–H groups in total. The van der Waals surface area contributed by atoms with Crippen molar-refractivity contribution in [1.29, 1.82) is 0 Å². The maximum atomic E-state index is 5.59. The van der Waals surface area contributed by atoms with Crippen LogP contribution in [0.2, 0.25) is 0 Å². The molecule has 0 saturated heterocycles. The summed E-state index contributed by atoms with van der Waals surface area (Å²) >= 11 is 1.86. The maximum Gasteiger partial charge on any atom is 0.216 e. The monoisotopic (exact) mass is 221 g/mol. The Morgan fingerprint density at radius 3 is 2.93 bits per heavy atom. The largest absolute Gasteiger partial charge is 0.475 e. The van der Waals surface area contributed by atoms with Crippen LogP contribution in [0.25, 0.3) is 0 Å². The van der Waals surface area contributed by atoms with Crippen LogP contribution in [0.1, 0.15) is 12.0 Å². The van der Waals surface area contributed by atoms with Gasteiger partial charge in [0.2, 0.25) is 5.90 Å². The number of hydrogen-bond donors (Lipinski definition) is 0. The van der Waals surface area contributed by atoms with Gasteiger partial charge < -0.3 is 4.74 Å². The van der Waals surface area contributed by atoms with E-state index in [1.807, 2.05) is 42.1 Å². The summed E-state index contributed by atoms with van der Waals surface area (Å²) in [6.45, 7) is 0.741. The molecule has 0 aliphatic carbocycles. The Morgan fingerprint density at radius 2 is 2.20 bits per heavy atom. The van der Waals surface area contributed by atoms with E-state index < -0.39 is 0 Å². The number of aliphatic imine (C=N–C) groups is 1. The molecule has 1 aliphatic heterocycles. The highest BCUT2D eigenvalue weighted by Gasteiger charge is 2.18. The van der Waals surface area contributed by atoms with Gasteiger partial charge in [0.05, 0.1) is 6.04 Å². The first-order valence-corrected chi connectivity index (χ1v) is 6.54. The van der Waals surface area contributed by atoms with E-state index in [1.165, 1.54) is 0 Å². The third kappa shape index (κ3) is 2.75. The highest BCUT2D eigenvalue weighted by atomic mass is 32.2. The molecule has 1 atom stereocenters.